The van der Waals surface area contributed by atoms with Gasteiger partial charge in [0.2, 0.25) is 0 Å². The van der Waals surface area contributed by atoms with Crippen molar-refractivity contribution in [2.24, 2.45) is 11.7 Å². The quantitative estimate of drug-likeness (QED) is 0.684. The molecule has 1 unspecified atom stereocenters. The fourth-order valence-electron chi connectivity index (χ4n) is 1.09. The highest BCUT2D eigenvalue weighted by Crippen LogP contribution is 2.20. The first kappa shape index (κ1) is 10.9. The Kier molecular flexibility index (Phi) is 3.77. The van der Waals surface area contributed by atoms with Crippen LogP contribution in [-0.2, 0) is 0 Å². The van der Waals surface area contributed by atoms with Crippen LogP contribution in [0.25, 0.3) is 0 Å². The van der Waals surface area contributed by atoms with E-state index < -0.39 is 0 Å². The van der Waals surface area contributed by atoms with Crippen molar-refractivity contribution in [1.29, 1.82) is 0 Å². The molecule has 1 atom stereocenters. The number of anilines is 1. The Morgan fingerprint density at radius 3 is 2.79 bits per heavy atom. The summed E-state index contributed by atoms with van der Waals surface area (Å²) >= 11 is 0. The Hall–Kier alpha value is -1.22. The third-order valence-corrected chi connectivity index (χ3v) is 2.27. The van der Waals surface area contributed by atoms with Gasteiger partial charge in [-0.1, -0.05) is 13.0 Å². The fourth-order valence-corrected chi connectivity index (χ4v) is 1.09. The van der Waals surface area contributed by atoms with Gasteiger partial charge in [0.15, 0.2) is 0 Å². The highest BCUT2D eigenvalue weighted by molar-refractivity contribution is 5.50. The molecule has 4 N–H and O–H groups in total. The van der Waals surface area contributed by atoms with Crippen molar-refractivity contribution in [2.75, 3.05) is 18.4 Å². The van der Waals surface area contributed by atoms with Crippen LogP contribution in [0.1, 0.15) is 12.5 Å². The summed E-state index contributed by atoms with van der Waals surface area (Å²) in [6.07, 6.45) is 0. The number of phenolic OH excluding ortho intramolecular Hbond substituents is 1. The first-order valence-electron chi connectivity index (χ1n) is 4.87. The van der Waals surface area contributed by atoms with E-state index in [4.69, 9.17) is 5.73 Å². The Morgan fingerprint density at radius 1 is 1.50 bits per heavy atom. The minimum Gasteiger partial charge on any atom is -0.508 e. The van der Waals surface area contributed by atoms with Crippen molar-refractivity contribution >= 4 is 5.69 Å². The molecular formula is C11H18N2O. The van der Waals surface area contributed by atoms with Crippen LogP contribution in [0.5, 0.6) is 5.75 Å². The summed E-state index contributed by atoms with van der Waals surface area (Å²) < 4.78 is 0. The van der Waals surface area contributed by atoms with Crippen molar-refractivity contribution in [1.82, 2.24) is 0 Å². The zero-order valence-electron chi connectivity index (χ0n) is 8.75. The van der Waals surface area contributed by atoms with E-state index in [2.05, 4.69) is 12.2 Å². The van der Waals surface area contributed by atoms with E-state index in [9.17, 15) is 5.11 Å². The fraction of sp³-hybridized carbons (Fsp3) is 0.455. The summed E-state index contributed by atoms with van der Waals surface area (Å²) in [5.41, 5.74) is 7.33. The number of nitrogens with one attached hydrogen (secondary N) is 1. The number of phenols is 1. The Labute approximate surface area is 84.9 Å². The Bertz CT molecular complexity index is 299. The van der Waals surface area contributed by atoms with Crippen LogP contribution >= 0.6 is 0 Å². The second-order valence-electron chi connectivity index (χ2n) is 3.72. The van der Waals surface area contributed by atoms with Gasteiger partial charge in [-0.15, -0.1) is 0 Å². The molecule has 0 fully saturated rings. The smallest absolute Gasteiger partial charge is 0.120 e. The third kappa shape index (κ3) is 2.92. The average molecular weight is 194 g/mol. The maximum Gasteiger partial charge on any atom is 0.120 e. The van der Waals surface area contributed by atoms with Gasteiger partial charge in [0.1, 0.15) is 5.75 Å². The molecule has 0 aliphatic rings. The maximum atomic E-state index is 9.46. The van der Waals surface area contributed by atoms with Gasteiger partial charge in [0, 0.05) is 18.3 Å². The summed E-state index contributed by atoms with van der Waals surface area (Å²) in [4.78, 5) is 0. The van der Waals surface area contributed by atoms with Crippen LogP contribution in [0.2, 0.25) is 0 Å². The van der Waals surface area contributed by atoms with Gasteiger partial charge in [-0.25, -0.2) is 0 Å². The average Bonchev–Trinajstić information content (AvgIpc) is 2.19. The number of benzene rings is 1. The third-order valence-electron chi connectivity index (χ3n) is 2.27. The molecule has 0 aromatic heterocycles. The molecule has 0 saturated carbocycles. The highest BCUT2D eigenvalue weighted by Gasteiger charge is 2.00. The molecule has 1 rings (SSSR count). The maximum absolute atomic E-state index is 9.46. The molecule has 14 heavy (non-hydrogen) atoms. The first-order valence-corrected chi connectivity index (χ1v) is 4.87. The molecule has 0 aliphatic carbocycles. The van der Waals surface area contributed by atoms with Gasteiger partial charge in [-0.2, -0.15) is 0 Å². The molecule has 0 spiro atoms. The number of nitrogens with two attached hydrogens (primary N) is 1. The standard InChI is InChI=1S/C11H18N2O/c1-8(6-12)7-13-10-4-3-9(2)11(14)5-10/h3-5,8,13-14H,6-7,12H2,1-2H3. The predicted octanol–water partition coefficient (Wildman–Crippen LogP) is 1.71. The van der Waals surface area contributed by atoms with E-state index in [0.29, 0.717) is 18.2 Å². The first-order chi connectivity index (χ1) is 6.63. The molecule has 0 aliphatic heterocycles. The highest BCUT2D eigenvalue weighted by atomic mass is 16.3. The van der Waals surface area contributed by atoms with Crippen LogP contribution in [0.15, 0.2) is 18.2 Å². The van der Waals surface area contributed by atoms with Crippen molar-refractivity contribution < 1.29 is 5.11 Å². The predicted molar refractivity (Wildman–Crippen MR) is 59.6 cm³/mol. The van der Waals surface area contributed by atoms with E-state index in [1.165, 1.54) is 0 Å². The topological polar surface area (TPSA) is 58.3 Å². The van der Waals surface area contributed by atoms with Crippen LogP contribution < -0.4 is 11.1 Å². The molecule has 0 heterocycles. The lowest BCUT2D eigenvalue weighted by molar-refractivity contribution is 0.471. The summed E-state index contributed by atoms with van der Waals surface area (Å²) in [5.74, 6) is 0.772. The number of rotatable bonds is 4. The molecule has 3 nitrogen and oxygen atoms in total. The summed E-state index contributed by atoms with van der Waals surface area (Å²) in [7, 11) is 0. The zero-order valence-corrected chi connectivity index (χ0v) is 8.75. The minimum atomic E-state index is 0.329. The van der Waals surface area contributed by atoms with Gasteiger partial charge < -0.3 is 16.2 Å². The molecular weight excluding hydrogens is 176 g/mol. The van der Waals surface area contributed by atoms with Gasteiger partial charge >= 0.3 is 0 Å². The lowest BCUT2D eigenvalue weighted by Gasteiger charge is -2.11. The SMILES string of the molecule is Cc1ccc(NCC(C)CN)cc1O. The lowest BCUT2D eigenvalue weighted by Crippen LogP contribution is -2.19. The largest absolute Gasteiger partial charge is 0.508 e. The van der Waals surface area contributed by atoms with Crippen LogP contribution in [0.3, 0.4) is 0 Å². The van der Waals surface area contributed by atoms with Gasteiger partial charge in [-0.05, 0) is 31.0 Å². The van der Waals surface area contributed by atoms with E-state index in [1.54, 1.807) is 6.07 Å². The number of hydrogen-bond acceptors (Lipinski definition) is 3. The molecule has 0 saturated heterocycles. The monoisotopic (exact) mass is 194 g/mol. The number of aromatic hydroxyl groups is 1. The number of hydrogen-bond donors (Lipinski definition) is 3. The lowest BCUT2D eigenvalue weighted by atomic mass is 10.1. The molecule has 0 amide bonds. The van der Waals surface area contributed by atoms with E-state index in [1.807, 2.05) is 19.1 Å². The van der Waals surface area contributed by atoms with Gasteiger partial charge in [0.25, 0.3) is 0 Å². The van der Waals surface area contributed by atoms with E-state index >= 15 is 0 Å². The second kappa shape index (κ2) is 4.86. The van der Waals surface area contributed by atoms with Crippen molar-refractivity contribution in [3.8, 4) is 5.75 Å². The second-order valence-corrected chi connectivity index (χ2v) is 3.72. The van der Waals surface area contributed by atoms with Crippen LogP contribution in [0.4, 0.5) is 5.69 Å². The molecule has 0 bridgehead atoms. The summed E-state index contributed by atoms with van der Waals surface area (Å²) in [5, 5.41) is 12.7. The van der Waals surface area contributed by atoms with Crippen molar-refractivity contribution in [2.45, 2.75) is 13.8 Å². The molecule has 0 radical (unpaired) electrons. The van der Waals surface area contributed by atoms with Crippen LogP contribution in [-0.4, -0.2) is 18.2 Å². The molecule has 1 aromatic rings. The van der Waals surface area contributed by atoms with Crippen molar-refractivity contribution in [3.63, 3.8) is 0 Å². The minimum absolute atomic E-state index is 0.329. The van der Waals surface area contributed by atoms with Gasteiger partial charge in [0.05, 0.1) is 0 Å². The van der Waals surface area contributed by atoms with Crippen molar-refractivity contribution in [3.05, 3.63) is 23.8 Å². The number of aryl methyl sites for hydroxylation is 1. The Morgan fingerprint density at radius 2 is 2.21 bits per heavy atom. The van der Waals surface area contributed by atoms with Crippen LogP contribution in [0, 0.1) is 12.8 Å². The molecule has 1 aromatic carbocycles. The summed E-state index contributed by atoms with van der Waals surface area (Å²) in [6.45, 7) is 5.46. The van der Waals surface area contributed by atoms with E-state index in [0.717, 1.165) is 17.8 Å². The van der Waals surface area contributed by atoms with E-state index in [-0.39, 0.29) is 0 Å². The normalized spacial score (nSPS) is 12.5. The zero-order chi connectivity index (χ0) is 10.6. The Balaban J connectivity index is 2.55. The summed E-state index contributed by atoms with van der Waals surface area (Å²) in [6, 6.07) is 5.58. The molecule has 3 heteroatoms. The van der Waals surface area contributed by atoms with Gasteiger partial charge in [-0.3, -0.25) is 0 Å². The molecule has 78 valence electrons.